The molecule has 1 unspecified atom stereocenters. The van der Waals surface area contributed by atoms with Crippen molar-refractivity contribution in [2.24, 2.45) is 0 Å². The van der Waals surface area contributed by atoms with Gasteiger partial charge < -0.3 is 10.2 Å². The molecule has 1 saturated carbocycles. The van der Waals surface area contributed by atoms with Crippen LogP contribution in [0.5, 0.6) is 0 Å². The zero-order chi connectivity index (χ0) is 21.4. The Bertz CT molecular complexity index is 1020. The summed E-state index contributed by atoms with van der Waals surface area (Å²) in [4.78, 5) is 43.4. The van der Waals surface area contributed by atoms with E-state index in [0.717, 1.165) is 46.1 Å². The van der Waals surface area contributed by atoms with Crippen LogP contribution >= 0.6 is 11.8 Å². The lowest BCUT2D eigenvalue weighted by atomic mass is 9.82. The molecular formula is C24H25N3O3S. The van der Waals surface area contributed by atoms with E-state index in [2.05, 4.69) is 5.32 Å². The summed E-state index contributed by atoms with van der Waals surface area (Å²) < 4.78 is 0. The fraction of sp³-hybridized carbons (Fsp3) is 0.375. The van der Waals surface area contributed by atoms with Gasteiger partial charge in [-0.15, -0.1) is 11.8 Å². The Kier molecular flexibility index (Phi) is 5.22. The van der Waals surface area contributed by atoms with Gasteiger partial charge in [-0.25, -0.2) is 4.79 Å². The summed E-state index contributed by atoms with van der Waals surface area (Å²) in [5.41, 5.74) is 1.06. The van der Waals surface area contributed by atoms with E-state index in [1.54, 1.807) is 16.7 Å². The summed E-state index contributed by atoms with van der Waals surface area (Å²) in [6.07, 6.45) is 4.21. The highest BCUT2D eigenvalue weighted by molar-refractivity contribution is 7.99. The van der Waals surface area contributed by atoms with Gasteiger partial charge in [-0.2, -0.15) is 0 Å². The fourth-order valence-corrected chi connectivity index (χ4v) is 6.11. The number of rotatable bonds is 3. The van der Waals surface area contributed by atoms with Crippen molar-refractivity contribution in [3.05, 3.63) is 60.2 Å². The molecule has 2 aromatic carbocycles. The summed E-state index contributed by atoms with van der Waals surface area (Å²) in [6, 6.07) is 17.1. The normalized spacial score (nSPS) is 22.4. The van der Waals surface area contributed by atoms with Crippen LogP contribution in [0.25, 0.3) is 0 Å². The van der Waals surface area contributed by atoms with Crippen molar-refractivity contribution >= 4 is 35.3 Å². The first-order chi connectivity index (χ1) is 15.1. The number of thioether (sulfide) groups is 1. The Balaban J connectivity index is 1.45. The van der Waals surface area contributed by atoms with Crippen LogP contribution in [0.15, 0.2) is 59.5 Å². The van der Waals surface area contributed by atoms with Gasteiger partial charge in [-0.3, -0.25) is 14.5 Å². The van der Waals surface area contributed by atoms with Crippen LogP contribution in [0.3, 0.4) is 0 Å². The number of carbonyl (C=O) groups excluding carboxylic acids is 3. The average molecular weight is 436 g/mol. The van der Waals surface area contributed by atoms with Gasteiger partial charge in [0.2, 0.25) is 5.91 Å². The molecule has 1 N–H and O–H groups in total. The van der Waals surface area contributed by atoms with E-state index >= 15 is 0 Å². The predicted molar refractivity (Wildman–Crippen MR) is 120 cm³/mol. The third kappa shape index (κ3) is 3.51. The smallest absolute Gasteiger partial charge is 0.323 e. The molecule has 2 heterocycles. The molecule has 7 heteroatoms. The maximum absolute atomic E-state index is 13.6. The molecule has 1 saturated heterocycles. The Morgan fingerprint density at radius 2 is 1.71 bits per heavy atom. The van der Waals surface area contributed by atoms with E-state index in [-0.39, 0.29) is 24.4 Å². The Hall–Kier alpha value is -2.80. The second-order valence-electron chi connectivity index (χ2n) is 8.43. The van der Waals surface area contributed by atoms with Crippen LogP contribution < -0.4 is 10.2 Å². The van der Waals surface area contributed by atoms with E-state index in [1.165, 1.54) is 0 Å². The van der Waals surface area contributed by atoms with Gasteiger partial charge in [0.25, 0.3) is 5.91 Å². The largest absolute Gasteiger partial charge is 0.325 e. The standard InChI is InChI=1S/C24H25N3O3S/c28-21(15-26-22(29)24(25-23(26)30)13-7-2-8-14-24)27-18-11-5-6-12-20(18)31-16-19(27)17-9-3-1-4-10-17/h1,3-6,9-12,19H,2,7-8,13-16H2,(H,25,30). The third-order valence-electron chi connectivity index (χ3n) is 6.53. The highest BCUT2D eigenvalue weighted by Gasteiger charge is 2.52. The predicted octanol–water partition coefficient (Wildman–Crippen LogP) is 4.12. The lowest BCUT2D eigenvalue weighted by Gasteiger charge is -2.37. The zero-order valence-corrected chi connectivity index (χ0v) is 18.1. The molecule has 6 nitrogen and oxygen atoms in total. The summed E-state index contributed by atoms with van der Waals surface area (Å²) >= 11 is 1.72. The van der Waals surface area contributed by atoms with Crippen molar-refractivity contribution in [3.63, 3.8) is 0 Å². The summed E-state index contributed by atoms with van der Waals surface area (Å²) in [7, 11) is 0. The first kappa shape index (κ1) is 20.1. The monoisotopic (exact) mass is 435 g/mol. The molecular weight excluding hydrogens is 410 g/mol. The van der Waals surface area contributed by atoms with E-state index in [0.29, 0.717) is 12.8 Å². The molecule has 0 radical (unpaired) electrons. The minimum Gasteiger partial charge on any atom is -0.323 e. The fourth-order valence-electron chi connectivity index (χ4n) is 4.94. The number of anilines is 1. The zero-order valence-electron chi connectivity index (χ0n) is 17.3. The van der Waals surface area contributed by atoms with E-state index in [9.17, 15) is 14.4 Å². The molecule has 0 bridgehead atoms. The Labute approximate surface area is 186 Å². The number of nitrogens with one attached hydrogen (secondary N) is 1. The van der Waals surface area contributed by atoms with Gasteiger partial charge in [-0.1, -0.05) is 61.7 Å². The van der Waals surface area contributed by atoms with E-state index in [1.807, 2.05) is 54.6 Å². The number of hydrogen-bond donors (Lipinski definition) is 1. The highest BCUT2D eigenvalue weighted by atomic mass is 32.2. The topological polar surface area (TPSA) is 69.7 Å². The van der Waals surface area contributed by atoms with Crippen LogP contribution in [-0.2, 0) is 9.59 Å². The molecule has 31 heavy (non-hydrogen) atoms. The minimum absolute atomic E-state index is 0.155. The molecule has 3 aliphatic rings. The third-order valence-corrected chi connectivity index (χ3v) is 7.67. The average Bonchev–Trinajstić information content (AvgIpc) is 3.03. The molecule has 2 aromatic rings. The quantitative estimate of drug-likeness (QED) is 0.737. The van der Waals surface area contributed by atoms with Gasteiger partial charge in [-0.05, 0) is 30.5 Å². The van der Waals surface area contributed by atoms with Crippen LogP contribution in [-0.4, -0.2) is 40.6 Å². The van der Waals surface area contributed by atoms with Crippen molar-refractivity contribution in [2.75, 3.05) is 17.2 Å². The van der Waals surface area contributed by atoms with Crippen molar-refractivity contribution < 1.29 is 14.4 Å². The van der Waals surface area contributed by atoms with Crippen molar-refractivity contribution in [2.45, 2.75) is 48.6 Å². The second-order valence-corrected chi connectivity index (χ2v) is 9.50. The highest BCUT2D eigenvalue weighted by Crippen LogP contribution is 2.43. The molecule has 1 aliphatic carbocycles. The molecule has 1 atom stereocenters. The lowest BCUT2D eigenvalue weighted by Crippen LogP contribution is -2.49. The summed E-state index contributed by atoms with van der Waals surface area (Å²) in [5, 5.41) is 2.90. The molecule has 2 fully saturated rings. The Morgan fingerprint density at radius 3 is 2.48 bits per heavy atom. The molecule has 2 aliphatic heterocycles. The Morgan fingerprint density at radius 1 is 1.00 bits per heavy atom. The number of benzene rings is 2. The molecule has 1 spiro atoms. The van der Waals surface area contributed by atoms with Crippen molar-refractivity contribution in [1.29, 1.82) is 0 Å². The van der Waals surface area contributed by atoms with Crippen LogP contribution in [0, 0.1) is 0 Å². The van der Waals surface area contributed by atoms with Gasteiger partial charge in [0, 0.05) is 10.6 Å². The second kappa shape index (κ2) is 8.04. The molecule has 0 aromatic heterocycles. The SMILES string of the molecule is O=C1NC2(CCCCC2)C(=O)N1CC(=O)N1c2ccccc2SCC1c1ccccc1. The number of fused-ring (bicyclic) bond motifs is 1. The number of urea groups is 1. The number of nitrogens with zero attached hydrogens (tertiary/aromatic N) is 2. The van der Waals surface area contributed by atoms with Crippen LogP contribution in [0.4, 0.5) is 10.5 Å². The van der Waals surface area contributed by atoms with E-state index < -0.39 is 11.6 Å². The number of imide groups is 1. The molecule has 160 valence electrons. The first-order valence-corrected chi connectivity index (χ1v) is 11.8. The van der Waals surface area contributed by atoms with Gasteiger partial charge >= 0.3 is 6.03 Å². The number of carbonyl (C=O) groups is 3. The van der Waals surface area contributed by atoms with Gasteiger partial charge in [0.05, 0.1) is 11.7 Å². The summed E-state index contributed by atoms with van der Waals surface area (Å²) in [6.45, 7) is -0.241. The first-order valence-electron chi connectivity index (χ1n) is 10.8. The van der Waals surface area contributed by atoms with Gasteiger partial charge in [0.15, 0.2) is 0 Å². The lowest BCUT2D eigenvalue weighted by molar-refractivity contribution is -0.135. The van der Waals surface area contributed by atoms with Crippen LogP contribution in [0.1, 0.15) is 43.7 Å². The van der Waals surface area contributed by atoms with Gasteiger partial charge in [0.1, 0.15) is 12.1 Å². The molecule has 4 amide bonds. The van der Waals surface area contributed by atoms with Crippen LogP contribution in [0.2, 0.25) is 0 Å². The minimum atomic E-state index is -0.815. The molecule has 5 rings (SSSR count). The van der Waals surface area contributed by atoms with Crippen molar-refractivity contribution in [3.8, 4) is 0 Å². The van der Waals surface area contributed by atoms with E-state index in [4.69, 9.17) is 0 Å². The number of hydrogen-bond acceptors (Lipinski definition) is 4. The summed E-state index contributed by atoms with van der Waals surface area (Å²) in [5.74, 6) is 0.232. The van der Waals surface area contributed by atoms with Crippen molar-refractivity contribution in [1.82, 2.24) is 10.2 Å². The maximum atomic E-state index is 13.6. The number of amides is 4. The maximum Gasteiger partial charge on any atom is 0.325 e. The number of para-hydroxylation sites is 1.